The molecule has 0 atom stereocenters. The van der Waals surface area contributed by atoms with E-state index in [1.165, 1.54) is 16.7 Å². The van der Waals surface area contributed by atoms with Crippen LogP contribution in [0.4, 0.5) is 32.0 Å². The van der Waals surface area contributed by atoms with Crippen LogP contribution >= 0.6 is 0 Å². The first-order chi connectivity index (χ1) is 23.3. The summed E-state index contributed by atoms with van der Waals surface area (Å²) in [5.74, 6) is -0.140. The number of aryl methyl sites for hydroxylation is 3. The van der Waals surface area contributed by atoms with E-state index in [0.29, 0.717) is 18.4 Å². The Labute approximate surface area is 289 Å². The Kier molecular flexibility index (Phi) is 16.7. The number of nitrogens with one attached hydrogen (secondary N) is 1. The van der Waals surface area contributed by atoms with Gasteiger partial charge in [-0.1, -0.05) is 107 Å². The summed E-state index contributed by atoms with van der Waals surface area (Å²) in [7, 11) is 0. The van der Waals surface area contributed by atoms with Crippen LogP contribution in [0.2, 0.25) is 0 Å². The SMILES string of the molecule is Cc1cccc(C(=O)Nc2ccc(-c3cc(CCCCCCCCCC(F)(F)F)ccc3CCCCCCCCCC(F)(F)F)cc2)c1C. The van der Waals surface area contributed by atoms with Crippen LogP contribution in [0.15, 0.2) is 60.7 Å². The molecule has 2 nitrogen and oxygen atoms in total. The molecule has 0 fully saturated rings. The highest BCUT2D eigenvalue weighted by Crippen LogP contribution is 2.30. The minimum absolute atomic E-state index is 0.140. The zero-order valence-electron chi connectivity index (χ0n) is 29.2. The van der Waals surface area contributed by atoms with Gasteiger partial charge in [-0.15, -0.1) is 0 Å². The third kappa shape index (κ3) is 15.9. The summed E-state index contributed by atoms with van der Waals surface area (Å²) in [4.78, 5) is 13.0. The third-order valence-corrected chi connectivity index (χ3v) is 9.31. The molecule has 0 radical (unpaired) electrons. The highest BCUT2D eigenvalue weighted by atomic mass is 19.4. The second-order valence-corrected chi connectivity index (χ2v) is 13.5. The molecule has 270 valence electrons. The van der Waals surface area contributed by atoms with Crippen LogP contribution in [0.25, 0.3) is 11.1 Å². The fourth-order valence-electron chi connectivity index (χ4n) is 6.26. The number of benzene rings is 3. The molecule has 0 spiro atoms. The van der Waals surface area contributed by atoms with Crippen molar-refractivity contribution in [3.8, 4) is 11.1 Å². The second kappa shape index (κ2) is 20.4. The maximum absolute atomic E-state index is 13.0. The van der Waals surface area contributed by atoms with Gasteiger partial charge in [0.2, 0.25) is 0 Å². The number of rotatable bonds is 21. The molecule has 0 heterocycles. The van der Waals surface area contributed by atoms with Crippen molar-refractivity contribution < 1.29 is 31.1 Å². The van der Waals surface area contributed by atoms with Crippen molar-refractivity contribution in [1.29, 1.82) is 0 Å². The standard InChI is InChI=1S/C41H53F6NO/c1-31-18-17-21-37(32(31)2)39(49)48-36-26-24-35(25-27-36)38-30-33(19-13-9-5-3-7-11-15-28-40(42,43)44)22-23-34(38)20-14-10-6-4-8-12-16-29-41(45,46)47/h17-18,21-27,30H,3-16,19-20,28-29H2,1-2H3,(H,48,49). The zero-order chi connectivity index (χ0) is 35.7. The van der Waals surface area contributed by atoms with E-state index in [0.717, 1.165) is 99.4 Å². The van der Waals surface area contributed by atoms with Crippen molar-refractivity contribution in [3.63, 3.8) is 0 Å². The predicted octanol–water partition coefficient (Wildman–Crippen LogP) is 13.7. The average Bonchev–Trinajstić information content (AvgIpc) is 3.04. The molecule has 0 aromatic heterocycles. The fourth-order valence-corrected chi connectivity index (χ4v) is 6.26. The Morgan fingerprint density at radius 2 is 1.10 bits per heavy atom. The van der Waals surface area contributed by atoms with Crippen LogP contribution in [0.3, 0.4) is 0 Å². The number of halogens is 6. The summed E-state index contributed by atoms with van der Waals surface area (Å²) in [6.07, 6.45) is 3.71. The molecule has 0 saturated heterocycles. The van der Waals surface area contributed by atoms with Crippen molar-refractivity contribution in [2.45, 2.75) is 142 Å². The van der Waals surface area contributed by atoms with E-state index in [4.69, 9.17) is 0 Å². The van der Waals surface area contributed by atoms with Crippen LogP contribution in [-0.4, -0.2) is 18.3 Å². The third-order valence-electron chi connectivity index (χ3n) is 9.31. The number of carbonyl (C=O) groups excluding carboxylic acids is 1. The van der Waals surface area contributed by atoms with Crippen molar-refractivity contribution in [2.24, 2.45) is 0 Å². The van der Waals surface area contributed by atoms with E-state index < -0.39 is 25.2 Å². The molecular formula is C41H53F6NO. The minimum atomic E-state index is -4.06. The van der Waals surface area contributed by atoms with Crippen molar-refractivity contribution >= 4 is 11.6 Å². The molecule has 0 saturated carbocycles. The molecule has 49 heavy (non-hydrogen) atoms. The predicted molar refractivity (Wildman–Crippen MR) is 189 cm³/mol. The Morgan fingerprint density at radius 1 is 0.592 bits per heavy atom. The lowest BCUT2D eigenvalue weighted by atomic mass is 9.92. The summed E-state index contributed by atoms with van der Waals surface area (Å²) >= 11 is 0. The zero-order valence-corrected chi connectivity index (χ0v) is 29.2. The Morgan fingerprint density at radius 3 is 1.65 bits per heavy atom. The molecule has 0 aliphatic rings. The molecule has 0 bridgehead atoms. The number of hydrogen-bond acceptors (Lipinski definition) is 1. The van der Waals surface area contributed by atoms with Crippen LogP contribution in [0.5, 0.6) is 0 Å². The normalized spacial score (nSPS) is 12.0. The highest BCUT2D eigenvalue weighted by Gasteiger charge is 2.26. The molecule has 3 rings (SSSR count). The van der Waals surface area contributed by atoms with Crippen molar-refractivity contribution in [3.05, 3.63) is 88.5 Å². The summed E-state index contributed by atoms with van der Waals surface area (Å²) in [6.45, 7) is 3.94. The van der Waals surface area contributed by atoms with Gasteiger partial charge in [-0.3, -0.25) is 4.79 Å². The topological polar surface area (TPSA) is 29.1 Å². The maximum Gasteiger partial charge on any atom is 0.389 e. The lowest BCUT2D eigenvalue weighted by molar-refractivity contribution is -0.136. The number of alkyl halides is 6. The van der Waals surface area contributed by atoms with Crippen LogP contribution < -0.4 is 5.32 Å². The van der Waals surface area contributed by atoms with Gasteiger partial charge in [0, 0.05) is 24.1 Å². The molecule has 8 heteroatoms. The summed E-state index contributed by atoms with van der Waals surface area (Å²) < 4.78 is 74.0. The first kappa shape index (κ1) is 40.1. The van der Waals surface area contributed by atoms with E-state index in [-0.39, 0.29) is 18.7 Å². The smallest absolute Gasteiger partial charge is 0.322 e. The molecule has 3 aromatic rings. The van der Waals surface area contributed by atoms with Gasteiger partial charge in [0.1, 0.15) is 0 Å². The number of amides is 1. The van der Waals surface area contributed by atoms with Gasteiger partial charge in [0.05, 0.1) is 0 Å². The highest BCUT2D eigenvalue weighted by molar-refractivity contribution is 6.05. The van der Waals surface area contributed by atoms with E-state index in [9.17, 15) is 31.1 Å². The van der Waals surface area contributed by atoms with E-state index in [1.54, 1.807) is 0 Å². The van der Waals surface area contributed by atoms with Gasteiger partial charge in [-0.05, 0) is 104 Å². The molecule has 1 N–H and O–H groups in total. The van der Waals surface area contributed by atoms with E-state index in [1.807, 2.05) is 56.3 Å². The van der Waals surface area contributed by atoms with Gasteiger partial charge >= 0.3 is 12.4 Å². The monoisotopic (exact) mass is 689 g/mol. The number of unbranched alkanes of at least 4 members (excludes halogenated alkanes) is 12. The van der Waals surface area contributed by atoms with E-state index >= 15 is 0 Å². The first-order valence-electron chi connectivity index (χ1n) is 18.1. The molecule has 0 aliphatic carbocycles. The molecular weight excluding hydrogens is 636 g/mol. The fraction of sp³-hybridized carbons (Fsp3) is 0.537. The summed E-state index contributed by atoms with van der Waals surface area (Å²) in [5, 5.41) is 3.02. The number of anilines is 1. The average molecular weight is 690 g/mol. The van der Waals surface area contributed by atoms with Gasteiger partial charge in [0.15, 0.2) is 0 Å². The Balaban J connectivity index is 1.57. The molecule has 0 unspecified atom stereocenters. The molecule has 3 aromatic carbocycles. The molecule has 0 aliphatic heterocycles. The largest absolute Gasteiger partial charge is 0.389 e. The van der Waals surface area contributed by atoms with Gasteiger partial charge in [-0.2, -0.15) is 26.3 Å². The van der Waals surface area contributed by atoms with Crippen LogP contribution in [0.1, 0.15) is 135 Å². The Bertz CT molecular complexity index is 1410. The van der Waals surface area contributed by atoms with Gasteiger partial charge < -0.3 is 5.32 Å². The molecule has 1 amide bonds. The summed E-state index contributed by atoms with van der Waals surface area (Å²) in [5.41, 5.74) is 8.14. The lowest BCUT2D eigenvalue weighted by Gasteiger charge is -2.14. The van der Waals surface area contributed by atoms with Crippen molar-refractivity contribution in [2.75, 3.05) is 5.32 Å². The van der Waals surface area contributed by atoms with Crippen LogP contribution in [-0.2, 0) is 12.8 Å². The quantitative estimate of drug-likeness (QED) is 0.0875. The van der Waals surface area contributed by atoms with Crippen molar-refractivity contribution in [1.82, 2.24) is 0 Å². The van der Waals surface area contributed by atoms with Crippen LogP contribution in [0, 0.1) is 13.8 Å². The maximum atomic E-state index is 13.0. The summed E-state index contributed by atoms with van der Waals surface area (Å²) in [6, 6.07) is 20.3. The first-order valence-corrected chi connectivity index (χ1v) is 18.1. The minimum Gasteiger partial charge on any atom is -0.322 e. The van der Waals surface area contributed by atoms with E-state index in [2.05, 4.69) is 23.5 Å². The number of hydrogen-bond donors (Lipinski definition) is 1. The van der Waals surface area contributed by atoms with Gasteiger partial charge in [-0.25, -0.2) is 0 Å². The van der Waals surface area contributed by atoms with Gasteiger partial charge in [0.25, 0.3) is 5.91 Å². The second-order valence-electron chi connectivity index (χ2n) is 13.5. The lowest BCUT2D eigenvalue weighted by Crippen LogP contribution is -2.13. The Hall–Kier alpha value is -3.29. The number of carbonyl (C=O) groups is 1.